The normalized spacial score (nSPS) is 12.8. The van der Waals surface area contributed by atoms with E-state index < -0.39 is 29.5 Å². The smallest absolute Gasteiger partial charge is 0.317 e. The molecule has 0 aliphatic heterocycles. The Morgan fingerprint density at radius 2 is 1.76 bits per heavy atom. The number of hydrogen-bond donors (Lipinski definition) is 0. The number of ether oxygens (including phenoxy) is 1. The van der Waals surface area contributed by atoms with Crippen LogP contribution in [0.2, 0.25) is 0 Å². The molecule has 0 bridgehead atoms. The van der Waals surface area contributed by atoms with E-state index in [1.54, 1.807) is 37.3 Å². The van der Waals surface area contributed by atoms with Crippen molar-refractivity contribution in [3.8, 4) is 12.1 Å². The first-order valence-electron chi connectivity index (χ1n) is 6.58. The summed E-state index contributed by atoms with van der Waals surface area (Å²) in [6, 6.07) is 12.4. The van der Waals surface area contributed by atoms with E-state index in [4.69, 9.17) is 15.3 Å². The SMILES string of the molecule is CCOC(=O)[C@@H](C(C)=O)[C@@H](c1ccccc1)C(C#N)C#N. The molecule has 0 aliphatic rings. The molecule has 0 amide bonds. The van der Waals surface area contributed by atoms with Crippen LogP contribution in [-0.2, 0) is 14.3 Å². The molecule has 0 spiro atoms. The lowest BCUT2D eigenvalue weighted by Gasteiger charge is -2.24. The van der Waals surface area contributed by atoms with Gasteiger partial charge in [0.1, 0.15) is 17.6 Å². The van der Waals surface area contributed by atoms with Crippen molar-refractivity contribution < 1.29 is 14.3 Å². The van der Waals surface area contributed by atoms with Crippen LogP contribution < -0.4 is 0 Å². The van der Waals surface area contributed by atoms with Crippen molar-refractivity contribution >= 4 is 11.8 Å². The summed E-state index contributed by atoms with van der Waals surface area (Å²) < 4.78 is 4.93. The molecule has 0 unspecified atom stereocenters. The summed E-state index contributed by atoms with van der Waals surface area (Å²) in [7, 11) is 0. The molecule has 1 aromatic carbocycles. The lowest BCUT2D eigenvalue weighted by atomic mass is 9.76. The lowest BCUT2D eigenvalue weighted by Crippen LogP contribution is -2.33. The van der Waals surface area contributed by atoms with Crippen LogP contribution >= 0.6 is 0 Å². The number of Topliss-reactive ketones (excluding diaryl/α,β-unsaturated/α-hetero) is 1. The number of ketones is 1. The van der Waals surface area contributed by atoms with Crippen molar-refractivity contribution in [2.45, 2.75) is 19.8 Å². The third-order valence-electron chi connectivity index (χ3n) is 3.16. The minimum Gasteiger partial charge on any atom is -0.465 e. The van der Waals surface area contributed by atoms with Gasteiger partial charge in [-0.05, 0) is 19.4 Å². The van der Waals surface area contributed by atoms with Gasteiger partial charge in [-0.15, -0.1) is 0 Å². The summed E-state index contributed by atoms with van der Waals surface area (Å²) >= 11 is 0. The van der Waals surface area contributed by atoms with Crippen molar-refractivity contribution in [3.05, 3.63) is 35.9 Å². The van der Waals surface area contributed by atoms with Gasteiger partial charge in [-0.1, -0.05) is 30.3 Å². The Labute approximate surface area is 123 Å². The van der Waals surface area contributed by atoms with Gasteiger partial charge in [0.2, 0.25) is 0 Å². The van der Waals surface area contributed by atoms with Gasteiger partial charge in [-0.3, -0.25) is 9.59 Å². The molecule has 0 aromatic heterocycles. The van der Waals surface area contributed by atoms with Crippen molar-refractivity contribution in [2.75, 3.05) is 6.61 Å². The number of carbonyl (C=O) groups is 2. The Kier molecular flexibility index (Phi) is 6.10. The highest BCUT2D eigenvalue weighted by atomic mass is 16.5. The maximum atomic E-state index is 12.1. The second-order valence-corrected chi connectivity index (χ2v) is 4.51. The molecule has 0 fully saturated rings. The summed E-state index contributed by atoms with van der Waals surface area (Å²) in [5, 5.41) is 18.3. The van der Waals surface area contributed by atoms with E-state index in [0.29, 0.717) is 5.56 Å². The van der Waals surface area contributed by atoms with Gasteiger partial charge in [0, 0.05) is 5.92 Å². The molecule has 1 aromatic rings. The molecular formula is C16H16N2O3. The minimum absolute atomic E-state index is 0.133. The fraction of sp³-hybridized carbons (Fsp3) is 0.375. The van der Waals surface area contributed by atoms with E-state index in [1.165, 1.54) is 6.92 Å². The zero-order valence-corrected chi connectivity index (χ0v) is 11.9. The molecule has 21 heavy (non-hydrogen) atoms. The fourth-order valence-corrected chi connectivity index (χ4v) is 2.24. The predicted molar refractivity (Wildman–Crippen MR) is 74.7 cm³/mol. The third-order valence-corrected chi connectivity index (χ3v) is 3.16. The number of nitrogens with zero attached hydrogens (tertiary/aromatic N) is 2. The first kappa shape index (κ1) is 16.4. The second kappa shape index (κ2) is 7.81. The van der Waals surface area contributed by atoms with E-state index in [1.807, 2.05) is 12.1 Å². The Hall–Kier alpha value is -2.66. The number of hydrogen-bond acceptors (Lipinski definition) is 5. The molecule has 0 saturated carbocycles. The van der Waals surface area contributed by atoms with Crippen LogP contribution in [-0.4, -0.2) is 18.4 Å². The molecule has 0 aliphatic carbocycles. The van der Waals surface area contributed by atoms with Gasteiger partial charge >= 0.3 is 5.97 Å². The molecule has 0 radical (unpaired) electrons. The molecule has 5 nitrogen and oxygen atoms in total. The van der Waals surface area contributed by atoms with E-state index >= 15 is 0 Å². The molecule has 108 valence electrons. The van der Waals surface area contributed by atoms with Crippen molar-refractivity contribution in [1.82, 2.24) is 0 Å². The maximum Gasteiger partial charge on any atom is 0.317 e. The highest BCUT2D eigenvalue weighted by Gasteiger charge is 2.40. The van der Waals surface area contributed by atoms with Crippen LogP contribution in [0, 0.1) is 34.5 Å². The first-order chi connectivity index (χ1) is 10.1. The van der Waals surface area contributed by atoms with Crippen molar-refractivity contribution in [2.24, 2.45) is 11.8 Å². The van der Waals surface area contributed by atoms with E-state index in [0.717, 1.165) is 0 Å². The number of nitriles is 2. The fourth-order valence-electron chi connectivity index (χ4n) is 2.24. The average Bonchev–Trinajstić information content (AvgIpc) is 2.48. The van der Waals surface area contributed by atoms with Crippen LogP contribution in [0.25, 0.3) is 0 Å². The van der Waals surface area contributed by atoms with Crippen LogP contribution in [0.5, 0.6) is 0 Å². The molecule has 2 atom stereocenters. The summed E-state index contributed by atoms with van der Waals surface area (Å²) in [4.78, 5) is 24.0. The van der Waals surface area contributed by atoms with Gasteiger partial charge < -0.3 is 4.74 Å². The van der Waals surface area contributed by atoms with E-state index in [9.17, 15) is 9.59 Å². The topological polar surface area (TPSA) is 90.9 Å². The van der Waals surface area contributed by atoms with Crippen LogP contribution in [0.3, 0.4) is 0 Å². The molecule has 0 saturated heterocycles. The standard InChI is InChI=1S/C16H16N2O3/c1-3-21-16(20)14(11(2)19)15(13(9-17)10-18)12-7-5-4-6-8-12/h4-8,13-15H,3H2,1-2H3/t14-,15-/m0/s1. The Morgan fingerprint density at radius 1 is 1.19 bits per heavy atom. The quantitative estimate of drug-likeness (QED) is 0.590. The molecule has 5 heteroatoms. The van der Waals surface area contributed by atoms with Gasteiger partial charge in [0.15, 0.2) is 0 Å². The Bertz CT molecular complexity index is 570. The number of esters is 1. The molecule has 1 rings (SSSR count). The van der Waals surface area contributed by atoms with Crippen molar-refractivity contribution in [3.63, 3.8) is 0 Å². The third kappa shape index (κ3) is 3.90. The molecule has 0 heterocycles. The summed E-state index contributed by atoms with van der Waals surface area (Å²) in [6.45, 7) is 3.04. The number of benzene rings is 1. The van der Waals surface area contributed by atoms with E-state index in [2.05, 4.69) is 0 Å². The molecular weight excluding hydrogens is 268 g/mol. The molecule has 0 N–H and O–H groups in total. The van der Waals surface area contributed by atoms with Gasteiger partial charge in [0.25, 0.3) is 0 Å². The van der Waals surface area contributed by atoms with Gasteiger partial charge in [0.05, 0.1) is 18.7 Å². The maximum absolute atomic E-state index is 12.1. The summed E-state index contributed by atoms with van der Waals surface area (Å²) in [6.07, 6.45) is 0. The lowest BCUT2D eigenvalue weighted by molar-refractivity contribution is -0.152. The van der Waals surface area contributed by atoms with Crippen LogP contribution in [0.1, 0.15) is 25.3 Å². The van der Waals surface area contributed by atoms with Gasteiger partial charge in [-0.2, -0.15) is 10.5 Å². The monoisotopic (exact) mass is 284 g/mol. The highest BCUT2D eigenvalue weighted by molar-refractivity contribution is 5.99. The zero-order chi connectivity index (χ0) is 15.8. The minimum atomic E-state index is -1.16. The first-order valence-corrected chi connectivity index (χ1v) is 6.58. The van der Waals surface area contributed by atoms with Gasteiger partial charge in [-0.25, -0.2) is 0 Å². The summed E-state index contributed by atoms with van der Waals surface area (Å²) in [5.74, 6) is -4.22. The largest absolute Gasteiger partial charge is 0.465 e. The predicted octanol–water partition coefficient (Wildman–Crippen LogP) is 2.20. The van der Waals surface area contributed by atoms with Crippen LogP contribution in [0.4, 0.5) is 0 Å². The Balaban J connectivity index is 3.34. The van der Waals surface area contributed by atoms with E-state index in [-0.39, 0.29) is 6.61 Å². The number of rotatable bonds is 6. The van der Waals surface area contributed by atoms with Crippen molar-refractivity contribution in [1.29, 1.82) is 10.5 Å². The van der Waals surface area contributed by atoms with Crippen LogP contribution in [0.15, 0.2) is 30.3 Å². The number of carbonyl (C=O) groups excluding carboxylic acids is 2. The Morgan fingerprint density at radius 3 is 2.19 bits per heavy atom. The second-order valence-electron chi connectivity index (χ2n) is 4.51. The average molecular weight is 284 g/mol. The highest BCUT2D eigenvalue weighted by Crippen LogP contribution is 2.33. The summed E-state index contributed by atoms with van der Waals surface area (Å²) in [5.41, 5.74) is 0.596. The zero-order valence-electron chi connectivity index (χ0n) is 11.9.